The van der Waals surface area contributed by atoms with Crippen molar-refractivity contribution in [1.82, 2.24) is 0 Å². The lowest BCUT2D eigenvalue weighted by molar-refractivity contribution is 0.563. The second-order valence-electron chi connectivity index (χ2n) is 1.95. The number of hydrogen-bond acceptors (Lipinski definition) is 1. The first-order valence-corrected chi connectivity index (χ1v) is 4.18. The molecule has 0 fully saturated rings. The molecule has 62 valence electrons. The Morgan fingerprint density at radius 2 is 1.82 bits per heavy atom. The molecule has 0 aliphatic rings. The third-order valence-electron chi connectivity index (χ3n) is 1.13. The number of rotatable bonds is 2. The maximum absolute atomic E-state index is 10.3. The molecule has 3 nitrogen and oxygen atoms in total. The van der Waals surface area contributed by atoms with E-state index in [0.29, 0.717) is 0 Å². The molecule has 0 radical (unpaired) electrons. The van der Waals surface area contributed by atoms with Crippen LogP contribution in [-0.4, -0.2) is 14.2 Å². The molecule has 0 spiro atoms. The van der Waals surface area contributed by atoms with Crippen LogP contribution < -0.4 is 0 Å². The third-order valence-corrected chi connectivity index (χ3v) is 1.71. The zero-order valence-electron chi connectivity index (χ0n) is 5.86. The van der Waals surface area contributed by atoms with Gasteiger partial charge >= 0.3 is 0 Å². The van der Waals surface area contributed by atoms with Gasteiger partial charge in [-0.2, -0.15) is 0 Å². The lowest BCUT2D eigenvalue weighted by atomic mass is 10.2. The van der Waals surface area contributed by atoms with Gasteiger partial charge in [-0.15, -0.1) is 0 Å². The van der Waals surface area contributed by atoms with Crippen molar-refractivity contribution in [2.75, 3.05) is 0 Å². The van der Waals surface area contributed by atoms with Crippen molar-refractivity contribution in [1.29, 1.82) is 0 Å². The molecule has 0 aromatic heterocycles. The SMILES string of the molecule is O.O=S(O)Cc1ccccc1. The smallest absolute Gasteiger partial charge is 0.157 e. The van der Waals surface area contributed by atoms with Crippen molar-refractivity contribution < 1.29 is 14.2 Å². The molecule has 3 N–H and O–H groups in total. The molecular formula is C7H10O3S. The average molecular weight is 174 g/mol. The first-order chi connectivity index (χ1) is 4.79. The molecule has 0 aliphatic carbocycles. The van der Waals surface area contributed by atoms with Crippen molar-refractivity contribution in [3.8, 4) is 0 Å². The summed E-state index contributed by atoms with van der Waals surface area (Å²) in [6.45, 7) is 0. The Morgan fingerprint density at radius 1 is 1.27 bits per heavy atom. The Labute approximate surface area is 67.7 Å². The molecule has 0 heterocycles. The van der Waals surface area contributed by atoms with Gasteiger partial charge in [0.1, 0.15) is 0 Å². The van der Waals surface area contributed by atoms with Crippen molar-refractivity contribution >= 4 is 11.1 Å². The predicted molar refractivity (Wildman–Crippen MR) is 44.5 cm³/mol. The second-order valence-corrected chi connectivity index (χ2v) is 2.88. The standard InChI is InChI=1S/C7H8O2S.H2O/c8-10(9)6-7-4-2-1-3-5-7;/h1-5H,6H2,(H,8,9);1H2. The lowest BCUT2D eigenvalue weighted by Gasteiger charge is -1.93. The van der Waals surface area contributed by atoms with Gasteiger partial charge in [0.25, 0.3) is 0 Å². The van der Waals surface area contributed by atoms with E-state index < -0.39 is 11.1 Å². The van der Waals surface area contributed by atoms with Gasteiger partial charge in [-0.05, 0) is 5.56 Å². The van der Waals surface area contributed by atoms with Crippen LogP contribution in [0.25, 0.3) is 0 Å². The minimum Gasteiger partial charge on any atom is -0.412 e. The molecule has 0 saturated heterocycles. The second kappa shape index (κ2) is 5.01. The summed E-state index contributed by atoms with van der Waals surface area (Å²) >= 11 is -1.72. The van der Waals surface area contributed by atoms with E-state index in [0.717, 1.165) is 5.56 Å². The van der Waals surface area contributed by atoms with E-state index in [1.54, 1.807) is 0 Å². The fourth-order valence-electron chi connectivity index (χ4n) is 0.717. The van der Waals surface area contributed by atoms with Gasteiger partial charge in [0, 0.05) is 0 Å². The molecule has 1 atom stereocenters. The summed E-state index contributed by atoms with van der Waals surface area (Å²) in [5.41, 5.74) is 0.892. The van der Waals surface area contributed by atoms with E-state index in [-0.39, 0.29) is 11.2 Å². The minimum atomic E-state index is -1.72. The summed E-state index contributed by atoms with van der Waals surface area (Å²) in [4.78, 5) is 0. The lowest BCUT2D eigenvalue weighted by Crippen LogP contribution is -1.91. The van der Waals surface area contributed by atoms with E-state index in [9.17, 15) is 4.21 Å². The van der Waals surface area contributed by atoms with E-state index in [1.807, 2.05) is 30.3 Å². The summed E-state index contributed by atoms with van der Waals surface area (Å²) in [7, 11) is 0. The van der Waals surface area contributed by atoms with E-state index in [2.05, 4.69) is 0 Å². The van der Waals surface area contributed by atoms with Gasteiger partial charge in [0.05, 0.1) is 5.75 Å². The fraction of sp³-hybridized carbons (Fsp3) is 0.143. The number of benzene rings is 1. The molecule has 1 rings (SSSR count). The van der Waals surface area contributed by atoms with Crippen molar-refractivity contribution in [3.05, 3.63) is 35.9 Å². The molecule has 1 unspecified atom stereocenters. The average Bonchev–Trinajstić information content (AvgIpc) is 1.88. The summed E-state index contributed by atoms with van der Waals surface area (Å²) in [5.74, 6) is 0.223. The first kappa shape index (κ1) is 10.3. The van der Waals surface area contributed by atoms with Crippen molar-refractivity contribution in [3.63, 3.8) is 0 Å². The zero-order valence-corrected chi connectivity index (χ0v) is 6.67. The van der Waals surface area contributed by atoms with Crippen LogP contribution in [-0.2, 0) is 16.8 Å². The van der Waals surface area contributed by atoms with Crippen LogP contribution in [0.3, 0.4) is 0 Å². The molecule has 1 aromatic carbocycles. The Hall–Kier alpha value is -0.710. The highest BCUT2D eigenvalue weighted by atomic mass is 32.2. The summed E-state index contributed by atoms with van der Waals surface area (Å²) < 4.78 is 18.8. The van der Waals surface area contributed by atoms with Gasteiger partial charge < -0.3 is 10.0 Å². The molecule has 0 bridgehead atoms. The number of hydrogen-bond donors (Lipinski definition) is 1. The zero-order chi connectivity index (χ0) is 7.40. The Balaban J connectivity index is 0.000001000. The largest absolute Gasteiger partial charge is 0.412 e. The van der Waals surface area contributed by atoms with Crippen molar-refractivity contribution in [2.45, 2.75) is 5.75 Å². The third kappa shape index (κ3) is 3.87. The molecule has 0 aliphatic heterocycles. The van der Waals surface area contributed by atoms with Crippen LogP contribution in [0.5, 0.6) is 0 Å². The monoisotopic (exact) mass is 174 g/mol. The summed E-state index contributed by atoms with van der Waals surface area (Å²) in [6, 6.07) is 9.23. The maximum Gasteiger partial charge on any atom is 0.157 e. The fourth-order valence-corrected chi connectivity index (χ4v) is 1.19. The Bertz CT molecular complexity index is 222. The van der Waals surface area contributed by atoms with Gasteiger partial charge in [-0.1, -0.05) is 30.3 Å². The molecule has 0 amide bonds. The van der Waals surface area contributed by atoms with Gasteiger partial charge in [0.2, 0.25) is 0 Å². The van der Waals surface area contributed by atoms with E-state index in [1.165, 1.54) is 0 Å². The van der Waals surface area contributed by atoms with Gasteiger partial charge in [-0.25, -0.2) is 4.21 Å². The quantitative estimate of drug-likeness (QED) is 0.666. The van der Waals surface area contributed by atoms with Crippen LogP contribution in [0.1, 0.15) is 5.56 Å². The highest BCUT2D eigenvalue weighted by Crippen LogP contribution is 2.00. The van der Waals surface area contributed by atoms with Crippen LogP contribution in [0, 0.1) is 0 Å². The molecule has 0 saturated carbocycles. The summed E-state index contributed by atoms with van der Waals surface area (Å²) in [5, 5.41) is 0. The van der Waals surface area contributed by atoms with Crippen molar-refractivity contribution in [2.24, 2.45) is 0 Å². The van der Waals surface area contributed by atoms with Crippen LogP contribution in [0.15, 0.2) is 30.3 Å². The Morgan fingerprint density at radius 3 is 2.27 bits per heavy atom. The highest BCUT2D eigenvalue weighted by molar-refractivity contribution is 7.78. The molecule has 11 heavy (non-hydrogen) atoms. The normalized spacial score (nSPS) is 11.7. The first-order valence-electron chi connectivity index (χ1n) is 2.90. The summed E-state index contributed by atoms with van der Waals surface area (Å²) in [6.07, 6.45) is 0. The molecule has 4 heteroatoms. The Kier molecular flexibility index (Phi) is 4.69. The van der Waals surface area contributed by atoms with Crippen LogP contribution >= 0.6 is 0 Å². The topological polar surface area (TPSA) is 68.8 Å². The van der Waals surface area contributed by atoms with E-state index >= 15 is 0 Å². The van der Waals surface area contributed by atoms with E-state index in [4.69, 9.17) is 4.55 Å². The molecule has 1 aromatic rings. The van der Waals surface area contributed by atoms with Gasteiger partial charge in [0.15, 0.2) is 11.1 Å². The van der Waals surface area contributed by atoms with Crippen LogP contribution in [0.4, 0.5) is 0 Å². The highest BCUT2D eigenvalue weighted by Gasteiger charge is 1.93. The maximum atomic E-state index is 10.3. The van der Waals surface area contributed by atoms with Gasteiger partial charge in [-0.3, -0.25) is 0 Å². The predicted octanol–water partition coefficient (Wildman–Crippen LogP) is 0.584. The van der Waals surface area contributed by atoms with Crippen LogP contribution in [0.2, 0.25) is 0 Å². The minimum absolute atomic E-state index is 0. The molecular weight excluding hydrogens is 164 g/mol.